The summed E-state index contributed by atoms with van der Waals surface area (Å²) in [5.74, 6) is 0.801. The Morgan fingerprint density at radius 1 is 1.10 bits per heavy atom. The molecule has 2 aromatic rings. The van der Waals surface area contributed by atoms with Crippen LogP contribution in [0.25, 0.3) is 0 Å². The second-order valence-electron chi connectivity index (χ2n) is 4.48. The van der Waals surface area contributed by atoms with Gasteiger partial charge in [0, 0.05) is 11.8 Å². The second-order valence-corrected chi connectivity index (χ2v) is 4.88. The summed E-state index contributed by atoms with van der Waals surface area (Å²) in [6.07, 6.45) is 0. The van der Waals surface area contributed by atoms with Crippen LogP contribution in [-0.4, -0.2) is 24.2 Å². The van der Waals surface area contributed by atoms with Crippen molar-refractivity contribution in [1.29, 1.82) is 0 Å². The van der Waals surface area contributed by atoms with Gasteiger partial charge in [-0.05, 0) is 30.3 Å². The van der Waals surface area contributed by atoms with E-state index in [1.165, 1.54) is 18.2 Å². The van der Waals surface area contributed by atoms with Crippen LogP contribution in [0.5, 0.6) is 17.2 Å². The first kappa shape index (κ1) is 13.6. The minimum atomic E-state index is -0.410. The molecule has 2 aromatic carbocycles. The molecule has 0 radical (unpaired) electrons. The summed E-state index contributed by atoms with van der Waals surface area (Å²) in [4.78, 5) is 12.2. The highest BCUT2D eigenvalue weighted by Gasteiger charge is 2.15. The van der Waals surface area contributed by atoms with Crippen molar-refractivity contribution in [2.24, 2.45) is 0 Å². The first-order valence-electron chi connectivity index (χ1n) is 6.33. The van der Waals surface area contributed by atoms with Crippen LogP contribution in [0.15, 0.2) is 36.4 Å². The molecule has 1 heterocycles. The number of fused-ring (bicyclic) bond motifs is 1. The van der Waals surface area contributed by atoms with E-state index in [1.54, 1.807) is 18.2 Å². The van der Waals surface area contributed by atoms with Gasteiger partial charge in [0.2, 0.25) is 0 Å². The molecule has 0 fully saturated rings. The number of nitrogens with one attached hydrogen (secondary N) is 1. The predicted octanol–water partition coefficient (Wildman–Crippen LogP) is 3.07. The third-order valence-electron chi connectivity index (χ3n) is 2.99. The molecule has 2 N–H and O–H groups in total. The molecule has 108 valence electrons. The molecule has 0 atom stereocenters. The van der Waals surface area contributed by atoms with Crippen molar-refractivity contribution in [1.82, 2.24) is 0 Å². The smallest absolute Gasteiger partial charge is 0.257 e. The first-order valence-corrected chi connectivity index (χ1v) is 6.71. The van der Waals surface area contributed by atoms with Gasteiger partial charge in [-0.15, -0.1) is 0 Å². The molecule has 3 rings (SSSR count). The number of phenolic OH excluding ortho intramolecular Hbond substituents is 1. The summed E-state index contributed by atoms with van der Waals surface area (Å²) in [6.45, 7) is 0.986. The quantitative estimate of drug-likeness (QED) is 0.895. The number of benzene rings is 2. The fourth-order valence-electron chi connectivity index (χ4n) is 2.01. The molecule has 0 saturated heterocycles. The Kier molecular flexibility index (Phi) is 3.58. The normalized spacial score (nSPS) is 12.8. The lowest BCUT2D eigenvalue weighted by molar-refractivity contribution is 0.102. The van der Waals surface area contributed by atoms with Gasteiger partial charge < -0.3 is 19.9 Å². The molecule has 21 heavy (non-hydrogen) atoms. The number of hydrogen-bond acceptors (Lipinski definition) is 4. The molecule has 5 nitrogen and oxygen atoms in total. The Bertz CT molecular complexity index is 702. The van der Waals surface area contributed by atoms with Crippen LogP contribution in [-0.2, 0) is 0 Å². The summed E-state index contributed by atoms with van der Waals surface area (Å²) in [6, 6.07) is 9.33. The number of ether oxygens (including phenoxy) is 2. The highest BCUT2D eigenvalue weighted by atomic mass is 35.5. The number of aromatic hydroxyl groups is 1. The van der Waals surface area contributed by atoms with Crippen molar-refractivity contribution in [3.05, 3.63) is 47.0 Å². The predicted molar refractivity (Wildman–Crippen MR) is 78.5 cm³/mol. The number of amides is 1. The van der Waals surface area contributed by atoms with Crippen LogP contribution in [0.1, 0.15) is 10.4 Å². The van der Waals surface area contributed by atoms with Gasteiger partial charge in [0.15, 0.2) is 11.5 Å². The topological polar surface area (TPSA) is 67.8 Å². The zero-order chi connectivity index (χ0) is 14.8. The maximum atomic E-state index is 12.2. The van der Waals surface area contributed by atoms with Gasteiger partial charge in [0.1, 0.15) is 19.0 Å². The molecular weight excluding hydrogens is 294 g/mol. The standard InChI is InChI=1S/C15H12ClNO4/c16-12-3-2-10(18)8-11(12)15(19)17-9-1-4-13-14(7-9)21-6-5-20-13/h1-4,7-8,18H,5-6H2,(H,17,19). The minimum Gasteiger partial charge on any atom is -0.508 e. The van der Waals surface area contributed by atoms with Gasteiger partial charge in [0.25, 0.3) is 5.91 Å². The van der Waals surface area contributed by atoms with Gasteiger partial charge >= 0.3 is 0 Å². The third kappa shape index (κ3) is 2.87. The molecule has 0 saturated carbocycles. The van der Waals surface area contributed by atoms with E-state index in [9.17, 15) is 9.90 Å². The number of carbonyl (C=O) groups is 1. The molecule has 1 aliphatic heterocycles. The minimum absolute atomic E-state index is 0.0216. The summed E-state index contributed by atoms with van der Waals surface area (Å²) >= 11 is 5.96. The largest absolute Gasteiger partial charge is 0.508 e. The fourth-order valence-corrected chi connectivity index (χ4v) is 2.21. The SMILES string of the molecule is O=C(Nc1ccc2c(c1)OCCO2)c1cc(O)ccc1Cl. The summed E-state index contributed by atoms with van der Waals surface area (Å²) in [5, 5.41) is 12.4. The molecule has 0 bridgehead atoms. The van der Waals surface area contributed by atoms with Crippen LogP contribution in [0.4, 0.5) is 5.69 Å². The van der Waals surface area contributed by atoms with Gasteiger partial charge in [-0.2, -0.15) is 0 Å². The molecule has 0 spiro atoms. The molecule has 0 aliphatic carbocycles. The average Bonchev–Trinajstić information content (AvgIpc) is 2.49. The number of rotatable bonds is 2. The number of hydrogen-bond donors (Lipinski definition) is 2. The fraction of sp³-hybridized carbons (Fsp3) is 0.133. The van der Waals surface area contributed by atoms with E-state index in [2.05, 4.69) is 5.32 Å². The van der Waals surface area contributed by atoms with Crippen LogP contribution in [0.2, 0.25) is 5.02 Å². The number of anilines is 1. The van der Waals surface area contributed by atoms with E-state index in [1.807, 2.05) is 0 Å². The van der Waals surface area contributed by atoms with E-state index in [0.29, 0.717) is 30.4 Å². The maximum absolute atomic E-state index is 12.2. The van der Waals surface area contributed by atoms with Gasteiger partial charge in [-0.25, -0.2) is 0 Å². The molecule has 1 aliphatic rings. The van der Waals surface area contributed by atoms with Crippen molar-refractivity contribution >= 4 is 23.2 Å². The maximum Gasteiger partial charge on any atom is 0.257 e. The molecule has 6 heteroatoms. The lowest BCUT2D eigenvalue weighted by atomic mass is 10.2. The molecule has 1 amide bonds. The molecular formula is C15H12ClNO4. The van der Waals surface area contributed by atoms with Crippen molar-refractivity contribution in [3.63, 3.8) is 0 Å². The van der Waals surface area contributed by atoms with Crippen LogP contribution in [0, 0.1) is 0 Å². The number of carbonyl (C=O) groups excluding carboxylic acids is 1. The van der Waals surface area contributed by atoms with Gasteiger partial charge in [0.05, 0.1) is 10.6 Å². The van der Waals surface area contributed by atoms with E-state index < -0.39 is 5.91 Å². The van der Waals surface area contributed by atoms with Gasteiger partial charge in [-0.3, -0.25) is 4.79 Å². The number of phenols is 1. The summed E-state index contributed by atoms with van der Waals surface area (Å²) in [7, 11) is 0. The Labute approximate surface area is 126 Å². The van der Waals surface area contributed by atoms with Crippen molar-refractivity contribution in [2.45, 2.75) is 0 Å². The van der Waals surface area contributed by atoms with Gasteiger partial charge in [-0.1, -0.05) is 11.6 Å². The Balaban J connectivity index is 1.83. The summed E-state index contributed by atoms with van der Waals surface area (Å²) < 4.78 is 10.9. The zero-order valence-electron chi connectivity index (χ0n) is 10.9. The molecule has 0 unspecified atom stereocenters. The lowest BCUT2D eigenvalue weighted by Crippen LogP contribution is -2.16. The van der Waals surface area contributed by atoms with Crippen molar-refractivity contribution < 1.29 is 19.4 Å². The van der Waals surface area contributed by atoms with Crippen molar-refractivity contribution in [2.75, 3.05) is 18.5 Å². The highest BCUT2D eigenvalue weighted by molar-refractivity contribution is 6.34. The van der Waals surface area contributed by atoms with E-state index >= 15 is 0 Å². The van der Waals surface area contributed by atoms with Crippen LogP contribution < -0.4 is 14.8 Å². The monoisotopic (exact) mass is 305 g/mol. The second kappa shape index (κ2) is 5.54. The van der Waals surface area contributed by atoms with E-state index in [0.717, 1.165) is 0 Å². The summed E-state index contributed by atoms with van der Waals surface area (Å²) in [5.41, 5.74) is 0.759. The van der Waals surface area contributed by atoms with Crippen LogP contribution in [0.3, 0.4) is 0 Å². The Morgan fingerprint density at radius 3 is 2.67 bits per heavy atom. The Morgan fingerprint density at radius 2 is 1.86 bits per heavy atom. The number of halogens is 1. The first-order chi connectivity index (χ1) is 10.1. The lowest BCUT2D eigenvalue weighted by Gasteiger charge is -2.19. The van der Waals surface area contributed by atoms with E-state index in [-0.39, 0.29) is 16.3 Å². The third-order valence-corrected chi connectivity index (χ3v) is 3.32. The van der Waals surface area contributed by atoms with E-state index in [4.69, 9.17) is 21.1 Å². The Hall–Kier alpha value is -2.40. The highest BCUT2D eigenvalue weighted by Crippen LogP contribution is 2.33. The van der Waals surface area contributed by atoms with Crippen LogP contribution >= 0.6 is 11.6 Å². The zero-order valence-corrected chi connectivity index (χ0v) is 11.7. The van der Waals surface area contributed by atoms with Crippen molar-refractivity contribution in [3.8, 4) is 17.2 Å². The molecule has 0 aromatic heterocycles. The average molecular weight is 306 g/mol.